The van der Waals surface area contributed by atoms with Crippen LogP contribution < -0.4 is 10.2 Å². The minimum absolute atomic E-state index is 0.120. The first-order valence-electron chi connectivity index (χ1n) is 5.96. The molecule has 2 nitrogen and oxygen atoms in total. The van der Waals surface area contributed by atoms with Crippen LogP contribution in [0.25, 0.3) is 0 Å². The van der Waals surface area contributed by atoms with Crippen molar-refractivity contribution in [3.8, 4) is 5.75 Å². The van der Waals surface area contributed by atoms with Crippen molar-refractivity contribution in [1.29, 1.82) is 0 Å². The van der Waals surface area contributed by atoms with Crippen LogP contribution in [0, 0.1) is 0 Å². The Hall–Kier alpha value is -0.223. The molecule has 102 valence electrons. The van der Waals surface area contributed by atoms with Gasteiger partial charge in [0, 0.05) is 6.54 Å². The van der Waals surface area contributed by atoms with Crippen LogP contribution in [-0.2, 0) is 6.54 Å². The van der Waals surface area contributed by atoms with Crippen molar-refractivity contribution in [3.63, 3.8) is 0 Å². The van der Waals surface area contributed by atoms with Gasteiger partial charge in [-0.2, -0.15) is 0 Å². The monoisotopic (exact) mass is 305 g/mol. The van der Waals surface area contributed by atoms with E-state index in [0.29, 0.717) is 22.3 Å². The summed E-state index contributed by atoms with van der Waals surface area (Å²) in [5.41, 5.74) is 6.43. The zero-order valence-corrected chi connectivity index (χ0v) is 14.1. The van der Waals surface area contributed by atoms with Crippen molar-refractivity contribution < 1.29 is 4.43 Å². The van der Waals surface area contributed by atoms with Gasteiger partial charge in [0.15, 0.2) is 0 Å². The summed E-state index contributed by atoms with van der Waals surface area (Å²) >= 11 is 12.4. The summed E-state index contributed by atoms with van der Waals surface area (Å²) in [7, 11) is -1.90. The topological polar surface area (TPSA) is 35.2 Å². The number of nitrogens with two attached hydrogens (primary N) is 1. The molecule has 0 saturated heterocycles. The van der Waals surface area contributed by atoms with E-state index in [4.69, 9.17) is 33.4 Å². The van der Waals surface area contributed by atoms with E-state index >= 15 is 0 Å². The molecule has 1 aromatic rings. The molecule has 0 aromatic heterocycles. The van der Waals surface area contributed by atoms with Gasteiger partial charge in [-0.1, -0.05) is 50.0 Å². The minimum Gasteiger partial charge on any atom is -0.542 e. The van der Waals surface area contributed by atoms with Crippen molar-refractivity contribution in [3.05, 3.63) is 27.7 Å². The van der Waals surface area contributed by atoms with Crippen molar-refractivity contribution in [2.45, 2.75) is 45.4 Å². The maximum Gasteiger partial charge on any atom is 0.250 e. The lowest BCUT2D eigenvalue weighted by Crippen LogP contribution is -2.43. The minimum atomic E-state index is -1.90. The van der Waals surface area contributed by atoms with Crippen LogP contribution in [0.1, 0.15) is 26.3 Å². The first-order chi connectivity index (χ1) is 8.10. The van der Waals surface area contributed by atoms with Crippen LogP contribution in [0.5, 0.6) is 5.75 Å². The van der Waals surface area contributed by atoms with Crippen LogP contribution >= 0.6 is 23.2 Å². The highest BCUT2D eigenvalue weighted by Crippen LogP contribution is 2.41. The number of benzene rings is 1. The first kappa shape index (κ1) is 15.8. The fourth-order valence-electron chi connectivity index (χ4n) is 1.24. The van der Waals surface area contributed by atoms with Gasteiger partial charge in [-0.25, -0.2) is 0 Å². The summed E-state index contributed by atoms with van der Waals surface area (Å²) < 4.78 is 6.16. The summed E-state index contributed by atoms with van der Waals surface area (Å²) in [6.07, 6.45) is 0. The van der Waals surface area contributed by atoms with Crippen LogP contribution in [0.4, 0.5) is 0 Å². The maximum absolute atomic E-state index is 6.24. The van der Waals surface area contributed by atoms with Gasteiger partial charge in [0.1, 0.15) is 10.8 Å². The Morgan fingerprint density at radius 1 is 1.17 bits per heavy atom. The zero-order chi connectivity index (χ0) is 14.1. The third-order valence-corrected chi connectivity index (χ3v) is 8.76. The molecule has 0 atom stereocenters. The average Bonchev–Trinajstić information content (AvgIpc) is 2.23. The Morgan fingerprint density at radius 2 is 1.72 bits per heavy atom. The van der Waals surface area contributed by atoms with Crippen molar-refractivity contribution in [2.75, 3.05) is 0 Å². The molecule has 0 heterocycles. The van der Waals surface area contributed by atoms with Crippen LogP contribution in [0.15, 0.2) is 12.1 Å². The van der Waals surface area contributed by atoms with Crippen molar-refractivity contribution >= 4 is 31.5 Å². The summed E-state index contributed by atoms with van der Waals surface area (Å²) in [5, 5.41) is 1.08. The van der Waals surface area contributed by atoms with Crippen LogP contribution in [0.3, 0.4) is 0 Å². The molecular weight excluding hydrogens is 285 g/mol. The molecular formula is C13H21Cl2NOSi. The molecule has 0 saturated carbocycles. The highest BCUT2D eigenvalue weighted by molar-refractivity contribution is 6.74. The second-order valence-corrected chi connectivity index (χ2v) is 11.4. The third kappa shape index (κ3) is 3.21. The van der Waals surface area contributed by atoms with Crippen LogP contribution in [-0.4, -0.2) is 8.32 Å². The summed E-state index contributed by atoms with van der Waals surface area (Å²) in [4.78, 5) is 0. The quantitative estimate of drug-likeness (QED) is 0.811. The van der Waals surface area contributed by atoms with E-state index in [9.17, 15) is 0 Å². The Labute approximate surface area is 121 Å². The van der Waals surface area contributed by atoms with Gasteiger partial charge in [-0.05, 0) is 29.8 Å². The molecule has 0 unspecified atom stereocenters. The van der Waals surface area contributed by atoms with Crippen LogP contribution in [0.2, 0.25) is 28.2 Å². The predicted molar refractivity (Wildman–Crippen MR) is 82.2 cm³/mol. The largest absolute Gasteiger partial charge is 0.542 e. The molecule has 2 N–H and O–H groups in total. The number of hydrogen-bond donors (Lipinski definition) is 1. The zero-order valence-electron chi connectivity index (χ0n) is 11.6. The molecule has 5 heteroatoms. The van der Waals surface area contributed by atoms with Gasteiger partial charge in [0.2, 0.25) is 0 Å². The van der Waals surface area contributed by atoms with Gasteiger partial charge in [0.05, 0.1) is 5.02 Å². The number of hydrogen-bond acceptors (Lipinski definition) is 2. The SMILES string of the molecule is CC(C)(C)[Si](C)(C)Oc1ccc(CN)c(Cl)c1Cl. The Balaban J connectivity index is 3.11. The Bertz CT molecular complexity index is 441. The fourth-order valence-corrected chi connectivity index (χ4v) is 2.78. The molecule has 18 heavy (non-hydrogen) atoms. The van der Waals surface area contributed by atoms with Gasteiger partial charge in [-0.15, -0.1) is 0 Å². The Kier molecular flexibility index (Phi) is 4.76. The summed E-state index contributed by atoms with van der Waals surface area (Å²) in [6, 6.07) is 3.73. The molecule has 1 aromatic carbocycles. The second-order valence-electron chi connectivity index (χ2n) is 5.92. The summed E-state index contributed by atoms with van der Waals surface area (Å²) in [6.45, 7) is 11.3. The van der Waals surface area contributed by atoms with Gasteiger partial charge in [0.25, 0.3) is 8.32 Å². The van der Waals surface area contributed by atoms with E-state index in [-0.39, 0.29) is 5.04 Å². The number of halogens is 2. The first-order valence-corrected chi connectivity index (χ1v) is 9.62. The van der Waals surface area contributed by atoms with E-state index in [0.717, 1.165) is 5.56 Å². The highest BCUT2D eigenvalue weighted by atomic mass is 35.5. The van der Waals surface area contributed by atoms with Gasteiger partial charge in [-0.3, -0.25) is 0 Å². The fraction of sp³-hybridized carbons (Fsp3) is 0.538. The maximum atomic E-state index is 6.24. The van der Waals surface area contributed by atoms with Gasteiger partial charge < -0.3 is 10.2 Å². The predicted octanol–water partition coefficient (Wildman–Crippen LogP) is 4.84. The normalized spacial score (nSPS) is 12.7. The lowest BCUT2D eigenvalue weighted by molar-refractivity contribution is 0.492. The third-order valence-electron chi connectivity index (χ3n) is 3.52. The van der Waals surface area contributed by atoms with E-state index in [2.05, 4.69) is 33.9 Å². The van der Waals surface area contributed by atoms with Gasteiger partial charge >= 0.3 is 0 Å². The van der Waals surface area contributed by atoms with E-state index < -0.39 is 8.32 Å². The lowest BCUT2D eigenvalue weighted by atomic mass is 10.2. The molecule has 0 aliphatic heterocycles. The molecule has 1 rings (SSSR count). The lowest BCUT2D eigenvalue weighted by Gasteiger charge is -2.36. The molecule has 0 fully saturated rings. The molecule has 0 spiro atoms. The number of rotatable bonds is 3. The molecule has 0 bridgehead atoms. The second kappa shape index (κ2) is 5.41. The van der Waals surface area contributed by atoms with E-state index in [1.54, 1.807) is 0 Å². The molecule has 0 aliphatic carbocycles. The molecule has 0 radical (unpaired) electrons. The average molecular weight is 306 g/mol. The molecule has 0 amide bonds. The highest BCUT2D eigenvalue weighted by Gasteiger charge is 2.39. The Morgan fingerprint density at radius 3 is 2.17 bits per heavy atom. The smallest absolute Gasteiger partial charge is 0.250 e. The standard InChI is InChI=1S/C13H21Cl2NOSi/c1-13(2,3)18(4,5)17-10-7-6-9(8-16)11(14)12(10)15/h6-7H,8,16H2,1-5H3. The van der Waals surface area contributed by atoms with E-state index in [1.165, 1.54) is 0 Å². The van der Waals surface area contributed by atoms with E-state index in [1.807, 2.05) is 12.1 Å². The van der Waals surface area contributed by atoms with Crippen molar-refractivity contribution in [2.24, 2.45) is 5.73 Å². The summed E-state index contributed by atoms with van der Waals surface area (Å²) in [5.74, 6) is 0.658. The van der Waals surface area contributed by atoms with Crippen molar-refractivity contribution in [1.82, 2.24) is 0 Å². The molecule has 0 aliphatic rings.